The third-order valence-electron chi connectivity index (χ3n) is 2.59. The lowest BCUT2D eigenvalue weighted by Gasteiger charge is -2.30. The fraction of sp³-hybridized carbons (Fsp3) is 1.00. The Hall–Kier alpha value is -0.130. The maximum Gasteiger partial charge on any atom is 0.218 e. The Kier molecular flexibility index (Phi) is 6.51. The van der Waals surface area contributed by atoms with Crippen LogP contribution in [0.4, 0.5) is 0 Å². The summed E-state index contributed by atoms with van der Waals surface area (Å²) in [6, 6.07) is -0.00648. The Bertz CT molecular complexity index is 282. The van der Waals surface area contributed by atoms with Crippen molar-refractivity contribution in [2.45, 2.75) is 52.3 Å². The van der Waals surface area contributed by atoms with Crippen LogP contribution in [0, 0.1) is 5.92 Å². The van der Waals surface area contributed by atoms with Gasteiger partial charge in [0.25, 0.3) is 0 Å². The predicted octanol–water partition coefficient (Wildman–Crippen LogP) is 1.42. The maximum atomic E-state index is 12.3. The van der Waals surface area contributed by atoms with E-state index in [-0.39, 0.29) is 12.6 Å². The molecule has 1 atom stereocenters. The molecule has 0 aliphatic heterocycles. The number of hydrogen-bond acceptors (Lipinski definition) is 3. The summed E-state index contributed by atoms with van der Waals surface area (Å²) in [6.07, 6.45) is 0.570. The molecule has 16 heavy (non-hydrogen) atoms. The van der Waals surface area contributed by atoms with Crippen molar-refractivity contribution in [2.24, 2.45) is 11.7 Å². The number of hydrogen-bond donors (Lipinski definition) is 1. The molecule has 5 heteroatoms. The van der Waals surface area contributed by atoms with Gasteiger partial charge in [0.2, 0.25) is 10.0 Å². The van der Waals surface area contributed by atoms with Crippen LogP contribution in [0.25, 0.3) is 0 Å². The van der Waals surface area contributed by atoms with Gasteiger partial charge in [0.15, 0.2) is 0 Å². The van der Waals surface area contributed by atoms with Crippen LogP contribution in [-0.2, 0) is 10.0 Å². The molecule has 4 nitrogen and oxygen atoms in total. The average molecular weight is 250 g/mol. The van der Waals surface area contributed by atoms with E-state index in [1.54, 1.807) is 4.31 Å². The van der Waals surface area contributed by atoms with Crippen molar-refractivity contribution in [1.82, 2.24) is 4.31 Å². The Balaban J connectivity index is 5.03. The van der Waals surface area contributed by atoms with E-state index < -0.39 is 15.3 Å². The average Bonchev–Trinajstić information content (AvgIpc) is 2.14. The van der Waals surface area contributed by atoms with Gasteiger partial charge in [0.1, 0.15) is 0 Å². The summed E-state index contributed by atoms with van der Waals surface area (Å²) in [5, 5.41) is -0.450. The van der Waals surface area contributed by atoms with Gasteiger partial charge in [0.05, 0.1) is 5.25 Å². The zero-order valence-corrected chi connectivity index (χ0v) is 11.9. The normalized spacial score (nSPS) is 15.1. The molecule has 1 unspecified atom stereocenters. The highest BCUT2D eigenvalue weighted by atomic mass is 32.2. The number of rotatable bonds is 7. The fourth-order valence-corrected chi connectivity index (χ4v) is 3.80. The second-order valence-corrected chi connectivity index (χ2v) is 7.03. The Labute approximate surface area is 100 Å². The van der Waals surface area contributed by atoms with E-state index in [1.165, 1.54) is 0 Å². The van der Waals surface area contributed by atoms with Gasteiger partial charge in [0, 0.05) is 19.1 Å². The lowest BCUT2D eigenvalue weighted by atomic mass is 10.2. The zero-order chi connectivity index (χ0) is 12.9. The summed E-state index contributed by atoms with van der Waals surface area (Å²) in [5.41, 5.74) is 5.53. The van der Waals surface area contributed by atoms with E-state index in [0.717, 1.165) is 0 Å². The number of nitrogens with zero attached hydrogens (tertiary/aromatic N) is 1. The summed E-state index contributed by atoms with van der Waals surface area (Å²) < 4.78 is 26.2. The van der Waals surface area contributed by atoms with Gasteiger partial charge in [-0.15, -0.1) is 0 Å². The van der Waals surface area contributed by atoms with Crippen LogP contribution in [0.1, 0.15) is 41.0 Å². The van der Waals surface area contributed by atoms with E-state index >= 15 is 0 Å². The molecule has 0 bridgehead atoms. The van der Waals surface area contributed by atoms with Crippen LogP contribution < -0.4 is 5.73 Å². The largest absolute Gasteiger partial charge is 0.329 e. The highest BCUT2D eigenvalue weighted by Crippen LogP contribution is 2.16. The third kappa shape index (κ3) is 4.03. The number of nitrogens with two attached hydrogens (primary N) is 1. The van der Waals surface area contributed by atoms with Gasteiger partial charge in [-0.1, -0.05) is 20.8 Å². The summed E-state index contributed by atoms with van der Waals surface area (Å²) in [7, 11) is -3.25. The van der Waals surface area contributed by atoms with Crippen molar-refractivity contribution in [1.29, 1.82) is 0 Å². The molecule has 0 fully saturated rings. The topological polar surface area (TPSA) is 63.4 Å². The molecular formula is C11H26N2O2S. The smallest absolute Gasteiger partial charge is 0.218 e. The predicted molar refractivity (Wildman–Crippen MR) is 68.7 cm³/mol. The van der Waals surface area contributed by atoms with Crippen LogP contribution >= 0.6 is 0 Å². The molecule has 0 aromatic heterocycles. The van der Waals surface area contributed by atoms with E-state index in [9.17, 15) is 8.42 Å². The van der Waals surface area contributed by atoms with Crippen molar-refractivity contribution in [3.8, 4) is 0 Å². The molecule has 0 aromatic rings. The minimum absolute atomic E-state index is 0.00648. The van der Waals surface area contributed by atoms with Crippen LogP contribution in [0.2, 0.25) is 0 Å². The van der Waals surface area contributed by atoms with Crippen LogP contribution in [0.15, 0.2) is 0 Å². The zero-order valence-electron chi connectivity index (χ0n) is 11.1. The second kappa shape index (κ2) is 6.57. The van der Waals surface area contributed by atoms with Gasteiger partial charge in [-0.2, -0.15) is 4.31 Å². The lowest BCUT2D eigenvalue weighted by Crippen LogP contribution is -2.46. The molecular weight excluding hydrogens is 224 g/mol. The Morgan fingerprint density at radius 2 is 1.69 bits per heavy atom. The molecule has 0 heterocycles. The van der Waals surface area contributed by atoms with E-state index in [1.807, 2.05) is 34.6 Å². The summed E-state index contributed by atoms with van der Waals surface area (Å²) in [6.45, 7) is 10.5. The molecule has 0 aromatic carbocycles. The van der Waals surface area contributed by atoms with Gasteiger partial charge < -0.3 is 5.73 Å². The monoisotopic (exact) mass is 250 g/mol. The molecule has 2 N–H and O–H groups in total. The molecule has 0 rings (SSSR count). The third-order valence-corrected chi connectivity index (χ3v) is 5.18. The SMILES string of the molecule is CCC(CN)S(=O)(=O)N(CC(C)C)C(C)C. The first kappa shape index (κ1) is 15.9. The molecule has 0 saturated heterocycles. The first-order valence-corrected chi connectivity index (χ1v) is 7.48. The van der Waals surface area contributed by atoms with Gasteiger partial charge >= 0.3 is 0 Å². The van der Waals surface area contributed by atoms with Crippen molar-refractivity contribution in [3.05, 3.63) is 0 Å². The summed E-state index contributed by atoms with van der Waals surface area (Å²) in [5.74, 6) is 0.326. The fourth-order valence-electron chi connectivity index (χ4n) is 1.66. The second-order valence-electron chi connectivity index (χ2n) is 4.87. The van der Waals surface area contributed by atoms with Crippen molar-refractivity contribution in [3.63, 3.8) is 0 Å². The Morgan fingerprint density at radius 3 is 1.94 bits per heavy atom. The van der Waals surface area contributed by atoms with E-state index in [4.69, 9.17) is 5.73 Å². The summed E-state index contributed by atoms with van der Waals surface area (Å²) in [4.78, 5) is 0. The molecule has 0 amide bonds. The minimum atomic E-state index is -3.25. The number of sulfonamides is 1. The van der Waals surface area contributed by atoms with Crippen molar-refractivity contribution < 1.29 is 8.42 Å². The highest BCUT2D eigenvalue weighted by molar-refractivity contribution is 7.89. The van der Waals surface area contributed by atoms with E-state index in [0.29, 0.717) is 18.9 Å². The standard InChI is InChI=1S/C11H26N2O2S/c1-6-11(7-12)16(14,15)13(10(4)5)8-9(2)3/h9-11H,6-8,12H2,1-5H3. The summed E-state index contributed by atoms with van der Waals surface area (Å²) >= 11 is 0. The van der Waals surface area contributed by atoms with Gasteiger partial charge in [-0.05, 0) is 26.2 Å². The lowest BCUT2D eigenvalue weighted by molar-refractivity contribution is 0.314. The van der Waals surface area contributed by atoms with Crippen LogP contribution in [0.3, 0.4) is 0 Å². The molecule has 0 aliphatic rings. The van der Waals surface area contributed by atoms with Crippen molar-refractivity contribution in [2.75, 3.05) is 13.1 Å². The molecule has 0 aliphatic carbocycles. The van der Waals surface area contributed by atoms with Crippen LogP contribution in [0.5, 0.6) is 0 Å². The highest BCUT2D eigenvalue weighted by Gasteiger charge is 2.31. The Morgan fingerprint density at radius 1 is 1.19 bits per heavy atom. The van der Waals surface area contributed by atoms with E-state index in [2.05, 4.69) is 0 Å². The van der Waals surface area contributed by atoms with Crippen molar-refractivity contribution >= 4 is 10.0 Å². The molecule has 0 saturated carbocycles. The van der Waals surface area contributed by atoms with Gasteiger partial charge in [-0.25, -0.2) is 8.42 Å². The molecule has 0 radical (unpaired) electrons. The van der Waals surface area contributed by atoms with Gasteiger partial charge in [-0.3, -0.25) is 0 Å². The molecule has 0 spiro atoms. The quantitative estimate of drug-likeness (QED) is 0.743. The maximum absolute atomic E-state index is 12.3. The molecule has 98 valence electrons. The van der Waals surface area contributed by atoms with Crippen LogP contribution in [-0.4, -0.2) is 37.1 Å². The first-order valence-electron chi connectivity index (χ1n) is 5.98. The first-order chi connectivity index (χ1) is 7.27. The minimum Gasteiger partial charge on any atom is -0.329 e.